The van der Waals surface area contributed by atoms with E-state index in [0.717, 1.165) is 21.3 Å². The molecular formula is C14H17N3O3S. The summed E-state index contributed by atoms with van der Waals surface area (Å²) in [5.41, 5.74) is 1.58. The Bertz CT molecular complexity index is 655. The van der Waals surface area contributed by atoms with Crippen LogP contribution < -0.4 is 15.4 Å². The first-order valence-electron chi connectivity index (χ1n) is 6.34. The number of methoxy groups -OCH3 is 1. The van der Waals surface area contributed by atoms with Crippen LogP contribution in [0.2, 0.25) is 0 Å². The predicted molar refractivity (Wildman–Crippen MR) is 82.1 cm³/mol. The van der Waals surface area contributed by atoms with Crippen molar-refractivity contribution in [3.8, 4) is 11.5 Å². The summed E-state index contributed by atoms with van der Waals surface area (Å²) in [6, 6.07) is 4.68. The molecule has 1 heterocycles. The summed E-state index contributed by atoms with van der Waals surface area (Å²) in [5, 5.41) is 16.8. The topological polar surface area (TPSA) is 83.5 Å². The van der Waals surface area contributed by atoms with Gasteiger partial charge < -0.3 is 15.2 Å². The van der Waals surface area contributed by atoms with E-state index in [9.17, 15) is 9.90 Å². The Labute approximate surface area is 126 Å². The average Bonchev–Trinajstić information content (AvgIpc) is 2.74. The number of phenols is 1. The minimum absolute atomic E-state index is 0.0473. The monoisotopic (exact) mass is 307 g/mol. The fourth-order valence-corrected chi connectivity index (χ4v) is 2.64. The third kappa shape index (κ3) is 3.85. The number of nitrogens with zero attached hydrogens (tertiary/aromatic N) is 1. The normalized spacial score (nSPS) is 10.2. The zero-order chi connectivity index (χ0) is 15.4. The molecule has 0 saturated carbocycles. The fraction of sp³-hybridized carbons (Fsp3) is 0.286. The zero-order valence-electron chi connectivity index (χ0n) is 12.1. The van der Waals surface area contributed by atoms with Crippen molar-refractivity contribution in [2.24, 2.45) is 0 Å². The summed E-state index contributed by atoms with van der Waals surface area (Å²) < 4.78 is 4.96. The lowest BCUT2D eigenvalue weighted by molar-refractivity contribution is 0.251. The third-order valence-electron chi connectivity index (χ3n) is 2.83. The molecular weight excluding hydrogens is 290 g/mol. The Morgan fingerprint density at radius 3 is 2.76 bits per heavy atom. The molecule has 0 fully saturated rings. The van der Waals surface area contributed by atoms with E-state index in [0.29, 0.717) is 12.3 Å². The standard InChI is InChI=1S/C14H17N3O3S/c1-8-13(21-9(2)16-8)17-14(19)15-7-10-4-5-12(20-3)11(18)6-10/h4-6,18H,7H2,1-3H3,(H2,15,17,19). The van der Waals surface area contributed by atoms with Crippen LogP contribution in [0, 0.1) is 13.8 Å². The second-order valence-corrected chi connectivity index (χ2v) is 5.66. The largest absolute Gasteiger partial charge is 0.504 e. The number of rotatable bonds is 4. The molecule has 0 spiro atoms. The van der Waals surface area contributed by atoms with Crippen LogP contribution >= 0.6 is 11.3 Å². The molecule has 0 aliphatic heterocycles. The lowest BCUT2D eigenvalue weighted by Crippen LogP contribution is -2.28. The van der Waals surface area contributed by atoms with Crippen molar-refractivity contribution in [1.82, 2.24) is 10.3 Å². The molecule has 0 saturated heterocycles. The van der Waals surface area contributed by atoms with Crippen molar-refractivity contribution in [3.05, 3.63) is 34.5 Å². The van der Waals surface area contributed by atoms with E-state index in [-0.39, 0.29) is 11.8 Å². The van der Waals surface area contributed by atoms with E-state index in [2.05, 4.69) is 15.6 Å². The van der Waals surface area contributed by atoms with E-state index < -0.39 is 0 Å². The zero-order valence-corrected chi connectivity index (χ0v) is 12.9. The van der Waals surface area contributed by atoms with Gasteiger partial charge in [-0.05, 0) is 31.5 Å². The number of amides is 2. The van der Waals surface area contributed by atoms with Gasteiger partial charge in [0.25, 0.3) is 0 Å². The van der Waals surface area contributed by atoms with Gasteiger partial charge >= 0.3 is 6.03 Å². The van der Waals surface area contributed by atoms with Crippen LogP contribution in [-0.2, 0) is 6.54 Å². The minimum Gasteiger partial charge on any atom is -0.504 e. The predicted octanol–water partition coefficient (Wildman–Crippen LogP) is 2.80. The van der Waals surface area contributed by atoms with E-state index in [4.69, 9.17) is 4.74 Å². The van der Waals surface area contributed by atoms with E-state index in [1.54, 1.807) is 18.2 Å². The van der Waals surface area contributed by atoms with Crippen molar-refractivity contribution in [3.63, 3.8) is 0 Å². The molecule has 7 heteroatoms. The number of aromatic hydroxyl groups is 1. The lowest BCUT2D eigenvalue weighted by Gasteiger charge is -2.08. The lowest BCUT2D eigenvalue weighted by atomic mass is 10.2. The SMILES string of the molecule is COc1ccc(CNC(=O)Nc2sc(C)nc2C)cc1O. The van der Waals surface area contributed by atoms with Gasteiger partial charge in [0.05, 0.1) is 17.8 Å². The number of phenolic OH excluding ortho intramolecular Hbond substituents is 1. The molecule has 1 aromatic carbocycles. The van der Waals surface area contributed by atoms with Gasteiger partial charge in [-0.25, -0.2) is 9.78 Å². The van der Waals surface area contributed by atoms with Crippen LogP contribution in [0.5, 0.6) is 11.5 Å². The Balaban J connectivity index is 1.92. The van der Waals surface area contributed by atoms with Crippen molar-refractivity contribution in [2.75, 3.05) is 12.4 Å². The Hall–Kier alpha value is -2.28. The molecule has 1 aromatic heterocycles. The van der Waals surface area contributed by atoms with Gasteiger partial charge in [-0.3, -0.25) is 5.32 Å². The van der Waals surface area contributed by atoms with Crippen molar-refractivity contribution in [1.29, 1.82) is 0 Å². The molecule has 0 bridgehead atoms. The number of carbonyl (C=O) groups excluding carboxylic acids is 1. The van der Waals surface area contributed by atoms with Gasteiger partial charge in [0, 0.05) is 6.54 Å². The highest BCUT2D eigenvalue weighted by Gasteiger charge is 2.09. The van der Waals surface area contributed by atoms with Crippen LogP contribution in [0.4, 0.5) is 9.80 Å². The molecule has 2 amide bonds. The number of hydrogen-bond donors (Lipinski definition) is 3. The molecule has 0 aliphatic rings. The molecule has 2 rings (SSSR count). The first-order chi connectivity index (χ1) is 9.99. The summed E-state index contributed by atoms with van der Waals surface area (Å²) in [7, 11) is 1.49. The fourth-order valence-electron chi connectivity index (χ4n) is 1.82. The maximum atomic E-state index is 11.8. The summed E-state index contributed by atoms with van der Waals surface area (Å²) in [6.07, 6.45) is 0. The second kappa shape index (κ2) is 6.45. The number of thiazole rings is 1. The molecule has 0 radical (unpaired) electrons. The number of hydrogen-bond acceptors (Lipinski definition) is 5. The van der Waals surface area contributed by atoms with Gasteiger partial charge in [-0.15, -0.1) is 11.3 Å². The van der Waals surface area contributed by atoms with Crippen LogP contribution in [0.15, 0.2) is 18.2 Å². The van der Waals surface area contributed by atoms with Crippen LogP contribution in [0.25, 0.3) is 0 Å². The molecule has 2 aromatic rings. The number of anilines is 1. The summed E-state index contributed by atoms with van der Waals surface area (Å²) in [6.45, 7) is 4.04. The smallest absolute Gasteiger partial charge is 0.320 e. The third-order valence-corrected chi connectivity index (χ3v) is 3.82. The quantitative estimate of drug-likeness (QED) is 0.811. The maximum Gasteiger partial charge on any atom is 0.320 e. The van der Waals surface area contributed by atoms with Gasteiger partial charge in [0.2, 0.25) is 0 Å². The van der Waals surface area contributed by atoms with Crippen LogP contribution in [0.3, 0.4) is 0 Å². The van der Waals surface area contributed by atoms with Crippen molar-refractivity contribution < 1.29 is 14.6 Å². The second-order valence-electron chi connectivity index (χ2n) is 4.46. The van der Waals surface area contributed by atoms with E-state index in [1.807, 2.05) is 13.8 Å². The first kappa shape index (κ1) is 15.1. The number of aromatic nitrogens is 1. The van der Waals surface area contributed by atoms with Crippen LogP contribution in [-0.4, -0.2) is 23.2 Å². The summed E-state index contributed by atoms with van der Waals surface area (Å²) in [4.78, 5) is 16.1. The molecule has 0 unspecified atom stereocenters. The summed E-state index contributed by atoms with van der Waals surface area (Å²) >= 11 is 1.43. The molecule has 3 N–H and O–H groups in total. The summed E-state index contributed by atoms with van der Waals surface area (Å²) in [5.74, 6) is 0.449. The Kier molecular flexibility index (Phi) is 4.64. The average molecular weight is 307 g/mol. The van der Waals surface area contributed by atoms with Gasteiger partial charge in [0.1, 0.15) is 5.00 Å². The Morgan fingerprint density at radius 1 is 1.43 bits per heavy atom. The highest BCUT2D eigenvalue weighted by atomic mass is 32.1. The number of carbonyl (C=O) groups is 1. The van der Waals surface area contributed by atoms with Crippen LogP contribution in [0.1, 0.15) is 16.3 Å². The first-order valence-corrected chi connectivity index (χ1v) is 7.16. The molecule has 112 valence electrons. The number of aryl methyl sites for hydroxylation is 2. The Morgan fingerprint density at radius 2 is 2.19 bits per heavy atom. The van der Waals surface area contributed by atoms with E-state index >= 15 is 0 Å². The maximum absolute atomic E-state index is 11.8. The number of benzene rings is 1. The highest BCUT2D eigenvalue weighted by Crippen LogP contribution is 2.26. The number of urea groups is 1. The van der Waals surface area contributed by atoms with Crippen molar-refractivity contribution >= 4 is 22.4 Å². The minimum atomic E-state index is -0.308. The highest BCUT2D eigenvalue weighted by molar-refractivity contribution is 7.16. The molecule has 0 aliphatic carbocycles. The van der Waals surface area contributed by atoms with Gasteiger partial charge in [-0.2, -0.15) is 0 Å². The molecule has 0 atom stereocenters. The van der Waals surface area contributed by atoms with E-state index in [1.165, 1.54) is 18.4 Å². The van der Waals surface area contributed by atoms with Gasteiger partial charge in [-0.1, -0.05) is 6.07 Å². The van der Waals surface area contributed by atoms with Crippen molar-refractivity contribution in [2.45, 2.75) is 20.4 Å². The number of nitrogens with one attached hydrogen (secondary N) is 2. The number of ether oxygens (including phenoxy) is 1. The molecule has 21 heavy (non-hydrogen) atoms. The molecule has 6 nitrogen and oxygen atoms in total. The van der Waals surface area contributed by atoms with Gasteiger partial charge in [0.15, 0.2) is 11.5 Å².